The molecule has 0 N–H and O–H groups in total. The van der Waals surface area contributed by atoms with E-state index in [9.17, 15) is 0 Å². The summed E-state index contributed by atoms with van der Waals surface area (Å²) < 4.78 is 0. The number of fused-ring (bicyclic) bond motifs is 5. The predicted octanol–water partition coefficient (Wildman–Crippen LogP) is 14.0. The van der Waals surface area contributed by atoms with Crippen molar-refractivity contribution in [3.63, 3.8) is 0 Å². The van der Waals surface area contributed by atoms with Crippen molar-refractivity contribution in [2.75, 3.05) is 0 Å². The first-order valence-electron chi connectivity index (χ1n) is 18.1. The summed E-state index contributed by atoms with van der Waals surface area (Å²) in [5.74, 6) is 0.700. The molecule has 10 rings (SSSR count). The third kappa shape index (κ3) is 5.37. The lowest BCUT2D eigenvalue weighted by atomic mass is 9.92. The summed E-state index contributed by atoms with van der Waals surface area (Å²) in [6, 6.07) is 66.0. The van der Waals surface area contributed by atoms with E-state index in [1.807, 2.05) is 30.3 Å². The Kier molecular flexibility index (Phi) is 7.53. The predicted molar refractivity (Wildman–Crippen MR) is 225 cm³/mol. The van der Waals surface area contributed by atoms with Gasteiger partial charge >= 0.3 is 0 Å². The first-order chi connectivity index (χ1) is 26.7. The van der Waals surface area contributed by atoms with Gasteiger partial charge < -0.3 is 0 Å². The molecule has 0 radical (unpaired) electrons. The largest absolute Gasteiger partial charge is 0.238 e. The summed E-state index contributed by atoms with van der Waals surface area (Å²) in [6.07, 6.45) is 0. The molecule has 3 nitrogen and oxygen atoms in total. The quantitative estimate of drug-likeness (QED) is 0.133. The molecule has 3 heteroatoms. The minimum atomic E-state index is 0.646. The van der Waals surface area contributed by atoms with Crippen LogP contribution in [-0.4, -0.2) is 9.97 Å². The molecule has 0 fully saturated rings. The fourth-order valence-corrected chi connectivity index (χ4v) is 7.86. The first kappa shape index (κ1) is 31.3. The second-order valence-corrected chi connectivity index (χ2v) is 13.6. The molecule has 1 heterocycles. The molecule has 10 aromatic rings. The summed E-state index contributed by atoms with van der Waals surface area (Å²) in [6.45, 7) is 7.26. The molecule has 0 amide bonds. The average molecular weight is 686 g/mol. The van der Waals surface area contributed by atoms with E-state index in [4.69, 9.17) is 16.5 Å². The van der Waals surface area contributed by atoms with Gasteiger partial charge in [0.15, 0.2) is 11.5 Å². The normalized spacial score (nSPS) is 11.3. The van der Waals surface area contributed by atoms with Crippen molar-refractivity contribution < 1.29 is 0 Å². The van der Waals surface area contributed by atoms with E-state index in [0.717, 1.165) is 66.3 Å². The first-order valence-corrected chi connectivity index (χ1v) is 18.1. The summed E-state index contributed by atoms with van der Waals surface area (Å²) >= 11 is 0. The topological polar surface area (TPSA) is 30.1 Å². The van der Waals surface area contributed by atoms with Gasteiger partial charge in [0, 0.05) is 16.5 Å². The van der Waals surface area contributed by atoms with Gasteiger partial charge in [-0.2, -0.15) is 0 Å². The highest BCUT2D eigenvalue weighted by atomic mass is 14.9. The van der Waals surface area contributed by atoms with E-state index in [1.165, 1.54) is 27.1 Å². The van der Waals surface area contributed by atoms with Crippen molar-refractivity contribution in [1.29, 1.82) is 0 Å². The van der Waals surface area contributed by atoms with Crippen LogP contribution in [0.15, 0.2) is 188 Å². The Balaban J connectivity index is 1.09. The Morgan fingerprint density at radius 2 is 0.907 bits per heavy atom. The molecule has 1 aromatic heterocycles. The number of benzene rings is 9. The molecule has 0 saturated heterocycles. The Morgan fingerprint density at radius 1 is 0.352 bits per heavy atom. The molecule has 54 heavy (non-hydrogen) atoms. The summed E-state index contributed by atoms with van der Waals surface area (Å²) in [4.78, 5) is 14.1. The van der Waals surface area contributed by atoms with Crippen LogP contribution >= 0.6 is 0 Å². The van der Waals surface area contributed by atoms with Crippen LogP contribution in [0.2, 0.25) is 0 Å². The van der Waals surface area contributed by atoms with Gasteiger partial charge in [-0.3, -0.25) is 0 Å². The van der Waals surface area contributed by atoms with Crippen LogP contribution in [0.3, 0.4) is 0 Å². The van der Waals surface area contributed by atoms with E-state index in [2.05, 4.69) is 163 Å². The summed E-state index contributed by atoms with van der Waals surface area (Å²) in [7, 11) is 0. The molecule has 0 spiro atoms. The third-order valence-electron chi connectivity index (χ3n) is 10.5. The van der Waals surface area contributed by atoms with Gasteiger partial charge in [0.1, 0.15) is 0 Å². The number of rotatable bonds is 5. The molecule has 0 saturated carbocycles. The van der Waals surface area contributed by atoms with Crippen molar-refractivity contribution in [1.82, 2.24) is 9.97 Å². The lowest BCUT2D eigenvalue weighted by Crippen LogP contribution is -1.96. The highest BCUT2D eigenvalue weighted by Gasteiger charge is 2.17. The molecule has 9 aromatic carbocycles. The van der Waals surface area contributed by atoms with Crippen LogP contribution in [0.1, 0.15) is 0 Å². The molecule has 0 aliphatic heterocycles. The smallest absolute Gasteiger partial charge is 0.187 e. The van der Waals surface area contributed by atoms with Crippen molar-refractivity contribution in [2.24, 2.45) is 0 Å². The molecule has 0 bridgehead atoms. The fourth-order valence-electron chi connectivity index (χ4n) is 7.86. The van der Waals surface area contributed by atoms with Crippen LogP contribution < -0.4 is 0 Å². The minimum Gasteiger partial charge on any atom is -0.238 e. The van der Waals surface area contributed by atoms with Gasteiger partial charge in [0.05, 0.1) is 17.8 Å². The number of nitrogens with zero attached hydrogens (tertiary/aromatic N) is 3. The molecule has 0 aliphatic carbocycles. The van der Waals surface area contributed by atoms with Gasteiger partial charge in [-0.15, -0.1) is 0 Å². The number of para-hydroxylation sites is 1. The van der Waals surface area contributed by atoms with Gasteiger partial charge in [0.2, 0.25) is 0 Å². The second kappa shape index (κ2) is 13.0. The highest BCUT2D eigenvalue weighted by molar-refractivity contribution is 6.14. The summed E-state index contributed by atoms with van der Waals surface area (Å²) in [5, 5.41) is 8.25. The fraction of sp³-hybridized carbons (Fsp3) is 0. The maximum absolute atomic E-state index is 7.26. The van der Waals surface area contributed by atoms with Crippen molar-refractivity contribution in [2.45, 2.75) is 0 Å². The molecular weight excluding hydrogens is 655 g/mol. The number of hydrogen-bond donors (Lipinski definition) is 0. The minimum absolute atomic E-state index is 0.646. The highest BCUT2D eigenvalue weighted by Crippen LogP contribution is 2.40. The van der Waals surface area contributed by atoms with E-state index >= 15 is 0 Å². The maximum atomic E-state index is 7.26. The van der Waals surface area contributed by atoms with Crippen LogP contribution in [-0.2, 0) is 0 Å². The SMILES string of the molecule is [C-]#[N+]c1ccc(-c2ccc(-c3ccc(-c4nc(-c5cccc(-c6cc7ccccc7c7ccccc67)c5)c5ccccc5n4)c4ccccc34)cc2)cc1. The van der Waals surface area contributed by atoms with Crippen LogP contribution in [0.25, 0.3) is 104 Å². The van der Waals surface area contributed by atoms with Crippen LogP contribution in [0, 0.1) is 6.57 Å². The lowest BCUT2D eigenvalue weighted by Gasteiger charge is -2.15. The van der Waals surface area contributed by atoms with Gasteiger partial charge in [-0.1, -0.05) is 164 Å². The van der Waals surface area contributed by atoms with E-state index in [-0.39, 0.29) is 0 Å². The third-order valence-corrected chi connectivity index (χ3v) is 10.5. The Bertz CT molecular complexity index is 3100. The van der Waals surface area contributed by atoms with E-state index in [0.29, 0.717) is 11.5 Å². The number of aromatic nitrogens is 2. The molecule has 0 atom stereocenters. The maximum Gasteiger partial charge on any atom is 0.187 e. The van der Waals surface area contributed by atoms with Crippen LogP contribution in [0.5, 0.6) is 0 Å². The molecular formula is C51H31N3. The Hall–Kier alpha value is -7.41. The summed E-state index contributed by atoms with van der Waals surface area (Å²) in [5.41, 5.74) is 11.4. The van der Waals surface area contributed by atoms with Gasteiger partial charge in [-0.05, 0) is 90.0 Å². The van der Waals surface area contributed by atoms with E-state index in [1.54, 1.807) is 0 Å². The van der Waals surface area contributed by atoms with E-state index < -0.39 is 0 Å². The average Bonchev–Trinajstić information content (AvgIpc) is 3.25. The standard InChI is InChI=1S/C51H31N3/c1-52-39-27-25-34(26-28-39)33-21-23-35(24-22-33)41-29-30-46(44-17-6-4-16-43(41)44)51-53-49-20-9-8-19-47(49)50(54-51)38-13-10-12-36(31-38)48-32-37-11-2-3-14-40(37)42-15-5-7-18-45(42)48/h2-32H. The van der Waals surface area contributed by atoms with Gasteiger partial charge in [0.25, 0.3) is 0 Å². The zero-order valence-corrected chi connectivity index (χ0v) is 29.2. The molecule has 0 aliphatic rings. The second-order valence-electron chi connectivity index (χ2n) is 13.6. The Morgan fingerprint density at radius 3 is 1.65 bits per heavy atom. The zero-order chi connectivity index (χ0) is 36.0. The monoisotopic (exact) mass is 685 g/mol. The van der Waals surface area contributed by atoms with Crippen LogP contribution in [0.4, 0.5) is 5.69 Å². The van der Waals surface area contributed by atoms with Crippen molar-refractivity contribution in [3.05, 3.63) is 199 Å². The van der Waals surface area contributed by atoms with Gasteiger partial charge in [-0.25, -0.2) is 14.8 Å². The van der Waals surface area contributed by atoms with Crippen molar-refractivity contribution in [3.8, 4) is 56.0 Å². The Labute approximate surface area is 313 Å². The van der Waals surface area contributed by atoms with Crippen molar-refractivity contribution >= 4 is 48.9 Å². The molecule has 250 valence electrons. The number of hydrogen-bond acceptors (Lipinski definition) is 2. The zero-order valence-electron chi connectivity index (χ0n) is 29.2. The lowest BCUT2D eigenvalue weighted by molar-refractivity contribution is 1.23. The molecule has 0 unspecified atom stereocenters.